The molecule has 216 valence electrons. The number of carboxylic acids is 1. The normalized spacial score (nSPS) is 16.5. The number of carbonyl (C=O) groups is 3. The van der Waals surface area contributed by atoms with Crippen LogP contribution in [-0.2, 0) is 19.1 Å². The molecule has 2 aromatic rings. The van der Waals surface area contributed by atoms with E-state index in [9.17, 15) is 19.5 Å². The van der Waals surface area contributed by atoms with Crippen molar-refractivity contribution in [2.75, 3.05) is 19.7 Å². The molecule has 2 aromatic carbocycles. The molecule has 8 heteroatoms. The van der Waals surface area contributed by atoms with Crippen LogP contribution in [0.2, 0.25) is 0 Å². The third-order valence-corrected chi connectivity index (χ3v) is 8.51. The van der Waals surface area contributed by atoms with E-state index >= 15 is 0 Å². The number of carbonyl (C=O) groups excluding carboxylic acids is 2. The van der Waals surface area contributed by atoms with E-state index in [4.69, 9.17) is 9.47 Å². The van der Waals surface area contributed by atoms with Gasteiger partial charge in [-0.1, -0.05) is 62.4 Å². The first kappa shape index (κ1) is 29.6. The number of aliphatic carboxylic acids is 1. The summed E-state index contributed by atoms with van der Waals surface area (Å²) in [5.74, 6) is -1.54. The molecule has 0 radical (unpaired) electrons. The lowest BCUT2D eigenvalue weighted by molar-refractivity contribution is -0.160. The first-order chi connectivity index (χ1) is 19.0. The monoisotopic (exact) mass is 550 g/mol. The Kier molecular flexibility index (Phi) is 9.19. The van der Waals surface area contributed by atoms with E-state index in [1.807, 2.05) is 62.4 Å². The van der Waals surface area contributed by atoms with Gasteiger partial charge in [-0.15, -0.1) is 0 Å². The van der Waals surface area contributed by atoms with Crippen molar-refractivity contribution in [2.45, 2.75) is 77.4 Å². The van der Waals surface area contributed by atoms with Crippen LogP contribution in [0.1, 0.15) is 76.8 Å². The van der Waals surface area contributed by atoms with Gasteiger partial charge in [0.25, 0.3) is 0 Å². The molecule has 1 heterocycles. The van der Waals surface area contributed by atoms with Crippen molar-refractivity contribution >= 4 is 18.0 Å². The van der Waals surface area contributed by atoms with Gasteiger partial charge in [0.1, 0.15) is 18.2 Å². The Bertz CT molecular complexity index is 1170. The number of benzene rings is 2. The van der Waals surface area contributed by atoms with Gasteiger partial charge in [0.05, 0.1) is 6.42 Å². The van der Waals surface area contributed by atoms with Gasteiger partial charge in [0.15, 0.2) is 0 Å². The predicted octanol–water partition coefficient (Wildman–Crippen LogP) is 5.50. The summed E-state index contributed by atoms with van der Waals surface area (Å²) < 4.78 is 11.2. The van der Waals surface area contributed by atoms with Crippen LogP contribution >= 0.6 is 0 Å². The zero-order valence-electron chi connectivity index (χ0n) is 24.0. The molecule has 0 spiro atoms. The second-order valence-electron chi connectivity index (χ2n) is 12.3. The zero-order valence-corrected chi connectivity index (χ0v) is 24.0. The topological polar surface area (TPSA) is 114 Å². The van der Waals surface area contributed by atoms with Gasteiger partial charge >= 0.3 is 18.0 Å². The molecule has 8 nitrogen and oxygen atoms in total. The van der Waals surface area contributed by atoms with Gasteiger partial charge in [-0.2, -0.15) is 0 Å². The molecule has 4 rings (SSSR count). The quantitative estimate of drug-likeness (QED) is 0.317. The van der Waals surface area contributed by atoms with Crippen LogP contribution in [0.15, 0.2) is 48.5 Å². The van der Waals surface area contributed by atoms with Crippen LogP contribution < -0.4 is 10.6 Å². The van der Waals surface area contributed by atoms with E-state index in [2.05, 4.69) is 24.5 Å². The van der Waals surface area contributed by atoms with Crippen molar-refractivity contribution in [3.63, 3.8) is 0 Å². The molecule has 0 saturated carbocycles. The molecule has 1 amide bonds. The summed E-state index contributed by atoms with van der Waals surface area (Å²) in [5.41, 5.74) is 3.66. The number of fused-ring (bicyclic) bond motifs is 3. The lowest BCUT2D eigenvalue weighted by Gasteiger charge is -2.39. The number of amides is 1. The van der Waals surface area contributed by atoms with Crippen LogP contribution in [0, 0.1) is 11.3 Å². The van der Waals surface area contributed by atoms with Crippen molar-refractivity contribution < 1.29 is 29.0 Å². The highest BCUT2D eigenvalue weighted by Gasteiger charge is 2.35. The maximum absolute atomic E-state index is 12.7. The molecule has 3 N–H and O–H groups in total. The van der Waals surface area contributed by atoms with E-state index in [0.29, 0.717) is 12.3 Å². The Balaban J connectivity index is 1.28. The minimum Gasteiger partial charge on any atom is -0.480 e. The second kappa shape index (κ2) is 12.4. The molecule has 2 aliphatic rings. The molecular weight excluding hydrogens is 508 g/mol. The number of carboxylic acid groups (broad SMARTS) is 1. The fourth-order valence-corrected chi connectivity index (χ4v) is 5.98. The lowest BCUT2D eigenvalue weighted by atomic mass is 9.70. The van der Waals surface area contributed by atoms with E-state index in [0.717, 1.165) is 54.6 Å². The number of hydrogen-bond donors (Lipinski definition) is 3. The number of ether oxygens (including phenoxy) is 2. The largest absolute Gasteiger partial charge is 0.480 e. The van der Waals surface area contributed by atoms with E-state index in [-0.39, 0.29) is 17.9 Å². The summed E-state index contributed by atoms with van der Waals surface area (Å²) in [6.45, 7) is 10.3. The van der Waals surface area contributed by atoms with Gasteiger partial charge in [-0.25, -0.2) is 9.59 Å². The molecule has 0 aromatic heterocycles. The molecule has 0 bridgehead atoms. The molecule has 1 atom stereocenters. The van der Waals surface area contributed by atoms with Gasteiger partial charge in [0.2, 0.25) is 0 Å². The van der Waals surface area contributed by atoms with Crippen LogP contribution in [0.25, 0.3) is 11.1 Å². The Morgan fingerprint density at radius 2 is 1.52 bits per heavy atom. The third kappa shape index (κ3) is 7.22. The van der Waals surface area contributed by atoms with Crippen LogP contribution in [0.3, 0.4) is 0 Å². The maximum Gasteiger partial charge on any atom is 0.407 e. The fraction of sp³-hybridized carbons (Fsp3) is 0.531. The predicted molar refractivity (Wildman–Crippen MR) is 153 cm³/mol. The minimum absolute atomic E-state index is 0.0521. The van der Waals surface area contributed by atoms with Gasteiger partial charge in [-0.3, -0.25) is 4.79 Å². The number of hydrogen-bond acceptors (Lipinski definition) is 6. The second-order valence-corrected chi connectivity index (χ2v) is 12.3. The van der Waals surface area contributed by atoms with Crippen LogP contribution in [-0.4, -0.2) is 54.5 Å². The summed E-state index contributed by atoms with van der Waals surface area (Å²) in [6.07, 6.45) is 2.45. The highest BCUT2D eigenvalue weighted by molar-refractivity contribution is 5.85. The van der Waals surface area contributed by atoms with Crippen LogP contribution in [0.4, 0.5) is 4.79 Å². The van der Waals surface area contributed by atoms with E-state index < -0.39 is 36.1 Å². The number of nitrogens with one attached hydrogen (secondary N) is 2. The summed E-state index contributed by atoms with van der Waals surface area (Å²) in [7, 11) is 0. The van der Waals surface area contributed by atoms with Crippen molar-refractivity contribution in [3.05, 3.63) is 59.7 Å². The molecule has 1 aliphatic heterocycles. The zero-order chi connectivity index (χ0) is 28.9. The highest BCUT2D eigenvalue weighted by Crippen LogP contribution is 2.44. The molecule has 1 saturated heterocycles. The smallest absolute Gasteiger partial charge is 0.407 e. The number of piperidine rings is 1. The Labute approximate surface area is 236 Å². The van der Waals surface area contributed by atoms with Crippen LogP contribution in [0.5, 0.6) is 0 Å². The standard InChI is InChI=1S/C32H42N2O6/c1-31(2,21-13-17-33-18-14-21)15-16-32(3,4)40-28(35)19-27(29(36)37)34-30(38)39-20-26-24-11-7-5-9-22(24)23-10-6-8-12-25(23)26/h5-12,21,26-27,33H,13-20H2,1-4H3,(H,34,38)(H,36,37)/t27-/m0/s1. The van der Waals surface area contributed by atoms with Gasteiger partial charge in [-0.05, 0) is 86.2 Å². The Morgan fingerprint density at radius 1 is 0.950 bits per heavy atom. The minimum atomic E-state index is -1.45. The van der Waals surface area contributed by atoms with E-state index in [1.165, 1.54) is 0 Å². The first-order valence-corrected chi connectivity index (χ1v) is 14.2. The van der Waals surface area contributed by atoms with Crippen molar-refractivity contribution in [1.29, 1.82) is 0 Å². The Hall–Kier alpha value is -3.39. The summed E-state index contributed by atoms with van der Waals surface area (Å²) >= 11 is 0. The summed E-state index contributed by atoms with van der Waals surface area (Å²) in [6, 6.07) is 14.5. The first-order valence-electron chi connectivity index (χ1n) is 14.2. The molecule has 1 aliphatic carbocycles. The third-order valence-electron chi connectivity index (χ3n) is 8.51. The van der Waals surface area contributed by atoms with Crippen molar-refractivity contribution in [2.24, 2.45) is 11.3 Å². The Morgan fingerprint density at radius 3 is 2.10 bits per heavy atom. The van der Waals surface area contributed by atoms with Crippen molar-refractivity contribution in [3.8, 4) is 11.1 Å². The molecule has 40 heavy (non-hydrogen) atoms. The molecular formula is C32H42N2O6. The number of alkyl carbamates (subject to hydrolysis) is 1. The fourth-order valence-electron chi connectivity index (χ4n) is 5.98. The number of esters is 1. The lowest BCUT2D eigenvalue weighted by Crippen LogP contribution is -2.44. The molecule has 1 fully saturated rings. The summed E-state index contributed by atoms with van der Waals surface area (Å²) in [5, 5.41) is 15.4. The van der Waals surface area contributed by atoms with Gasteiger partial charge < -0.3 is 25.2 Å². The van der Waals surface area contributed by atoms with E-state index in [1.54, 1.807) is 0 Å². The SMILES string of the molecule is CC(C)(CCC(C)(C)C1CCNCC1)OC(=O)C[C@H](NC(=O)OCC1c2ccccc2-c2ccccc21)C(=O)O. The molecule has 0 unspecified atom stereocenters. The maximum atomic E-state index is 12.7. The highest BCUT2D eigenvalue weighted by atomic mass is 16.6. The average molecular weight is 551 g/mol. The average Bonchev–Trinajstić information content (AvgIpc) is 3.24. The number of rotatable bonds is 11. The van der Waals surface area contributed by atoms with Gasteiger partial charge in [0, 0.05) is 5.92 Å². The van der Waals surface area contributed by atoms with Crippen molar-refractivity contribution in [1.82, 2.24) is 10.6 Å². The summed E-state index contributed by atoms with van der Waals surface area (Å²) in [4.78, 5) is 37.2.